The molecule has 0 aliphatic heterocycles. The molecule has 150 valence electrons. The van der Waals surface area contributed by atoms with Crippen LogP contribution in [0.25, 0.3) is 5.69 Å². The zero-order valence-corrected chi connectivity index (χ0v) is 17.1. The number of ether oxygens (including phenoxy) is 1. The molecular weight excluding hydrogens is 392 g/mol. The zero-order chi connectivity index (χ0) is 21.0. The molecule has 7 nitrogen and oxygen atoms in total. The van der Waals surface area contributed by atoms with E-state index < -0.39 is 5.91 Å². The van der Waals surface area contributed by atoms with Crippen molar-refractivity contribution < 1.29 is 9.53 Å². The van der Waals surface area contributed by atoms with Gasteiger partial charge in [-0.3, -0.25) is 14.3 Å². The summed E-state index contributed by atoms with van der Waals surface area (Å²) in [5.74, 6) is 0.128. The number of rotatable bonds is 6. The van der Waals surface area contributed by atoms with Crippen LogP contribution in [0.5, 0.6) is 5.75 Å². The first-order chi connectivity index (χ1) is 13.9. The number of benzene rings is 2. The molecule has 1 aromatic heterocycles. The molecule has 1 heterocycles. The lowest BCUT2D eigenvalue weighted by Crippen LogP contribution is -2.24. The molecule has 0 aliphatic carbocycles. The number of amides is 1. The van der Waals surface area contributed by atoms with Crippen LogP contribution in [0.4, 0.5) is 0 Å². The number of hydrogen-bond acceptors (Lipinski definition) is 4. The van der Waals surface area contributed by atoms with Crippen molar-refractivity contribution in [2.24, 2.45) is 12.1 Å². The number of para-hydroxylation sites is 1. The third-order valence-electron chi connectivity index (χ3n) is 4.42. The third-order valence-corrected chi connectivity index (χ3v) is 4.85. The fourth-order valence-electron chi connectivity index (χ4n) is 2.85. The number of hydrogen-bond donors (Lipinski definition) is 1. The van der Waals surface area contributed by atoms with E-state index in [9.17, 15) is 9.59 Å². The molecule has 0 bridgehead atoms. The average molecular weight is 413 g/mol. The predicted molar refractivity (Wildman–Crippen MR) is 113 cm³/mol. The van der Waals surface area contributed by atoms with E-state index in [0.29, 0.717) is 22.0 Å². The van der Waals surface area contributed by atoms with Gasteiger partial charge in [0.25, 0.3) is 11.5 Å². The van der Waals surface area contributed by atoms with Crippen molar-refractivity contribution in [3.63, 3.8) is 0 Å². The van der Waals surface area contributed by atoms with Crippen molar-refractivity contribution in [1.29, 1.82) is 0 Å². The summed E-state index contributed by atoms with van der Waals surface area (Å²) in [6.45, 7) is 3.38. The molecule has 0 saturated carbocycles. The Kier molecular flexibility index (Phi) is 6.19. The molecule has 0 aliphatic rings. The highest BCUT2D eigenvalue weighted by atomic mass is 35.5. The van der Waals surface area contributed by atoms with Crippen LogP contribution in [-0.2, 0) is 11.8 Å². The van der Waals surface area contributed by atoms with Crippen molar-refractivity contribution in [2.45, 2.75) is 13.8 Å². The first kappa shape index (κ1) is 20.4. The van der Waals surface area contributed by atoms with Crippen LogP contribution < -0.4 is 15.7 Å². The summed E-state index contributed by atoms with van der Waals surface area (Å²) >= 11 is 5.97. The first-order valence-electron chi connectivity index (χ1n) is 8.93. The van der Waals surface area contributed by atoms with Gasteiger partial charge in [-0.15, -0.1) is 0 Å². The number of carbonyl (C=O) groups excluding carboxylic acids is 1. The molecule has 3 aromatic rings. The minimum atomic E-state index is -0.418. The van der Waals surface area contributed by atoms with Crippen LogP contribution in [-0.4, -0.2) is 28.1 Å². The van der Waals surface area contributed by atoms with E-state index in [0.717, 1.165) is 11.3 Å². The fourth-order valence-corrected chi connectivity index (χ4v) is 2.97. The number of carbonyl (C=O) groups is 1. The summed E-state index contributed by atoms with van der Waals surface area (Å²) < 4.78 is 8.67. The predicted octanol–water partition coefficient (Wildman–Crippen LogP) is 2.98. The number of nitrogens with zero attached hydrogens (tertiary/aromatic N) is 3. The van der Waals surface area contributed by atoms with Gasteiger partial charge in [-0.2, -0.15) is 5.10 Å². The summed E-state index contributed by atoms with van der Waals surface area (Å²) in [5, 5.41) is 4.59. The normalized spacial score (nSPS) is 11.0. The van der Waals surface area contributed by atoms with Crippen LogP contribution in [0, 0.1) is 13.8 Å². The van der Waals surface area contributed by atoms with E-state index in [1.807, 2.05) is 37.3 Å². The Hall–Kier alpha value is -3.32. The largest absolute Gasteiger partial charge is 0.484 e. The second-order valence-corrected chi connectivity index (χ2v) is 6.89. The monoisotopic (exact) mass is 412 g/mol. The van der Waals surface area contributed by atoms with E-state index in [4.69, 9.17) is 16.3 Å². The summed E-state index contributed by atoms with van der Waals surface area (Å²) in [7, 11) is 1.76. The van der Waals surface area contributed by atoms with E-state index in [1.165, 1.54) is 6.21 Å². The first-order valence-corrected chi connectivity index (χ1v) is 9.31. The van der Waals surface area contributed by atoms with Gasteiger partial charge in [0.15, 0.2) is 6.61 Å². The molecule has 2 aromatic carbocycles. The fraction of sp³-hybridized carbons (Fsp3) is 0.190. The number of aromatic nitrogens is 2. The Morgan fingerprint density at radius 2 is 1.93 bits per heavy atom. The molecule has 3 rings (SSSR count). The maximum absolute atomic E-state index is 12.6. The van der Waals surface area contributed by atoms with Gasteiger partial charge in [0.1, 0.15) is 5.75 Å². The van der Waals surface area contributed by atoms with Gasteiger partial charge in [0.2, 0.25) is 0 Å². The molecule has 0 atom stereocenters. The number of aryl methyl sites for hydroxylation is 1. The minimum absolute atomic E-state index is 0.145. The second kappa shape index (κ2) is 8.79. The minimum Gasteiger partial charge on any atom is -0.484 e. The molecule has 0 radical (unpaired) electrons. The topological polar surface area (TPSA) is 77.6 Å². The highest BCUT2D eigenvalue weighted by Gasteiger charge is 2.14. The molecule has 0 unspecified atom stereocenters. The molecule has 1 amide bonds. The van der Waals surface area contributed by atoms with Gasteiger partial charge in [-0.05, 0) is 49.7 Å². The van der Waals surface area contributed by atoms with Gasteiger partial charge in [0.05, 0.1) is 17.6 Å². The molecule has 29 heavy (non-hydrogen) atoms. The summed E-state index contributed by atoms with van der Waals surface area (Å²) in [4.78, 5) is 24.6. The van der Waals surface area contributed by atoms with Crippen LogP contribution in [0.2, 0.25) is 5.02 Å². The van der Waals surface area contributed by atoms with Gasteiger partial charge in [0, 0.05) is 17.6 Å². The number of halogens is 1. The highest BCUT2D eigenvalue weighted by molar-refractivity contribution is 6.31. The Morgan fingerprint density at radius 3 is 2.62 bits per heavy atom. The molecule has 0 saturated heterocycles. The lowest BCUT2D eigenvalue weighted by molar-refractivity contribution is -0.123. The Morgan fingerprint density at radius 1 is 1.21 bits per heavy atom. The molecule has 0 fully saturated rings. The van der Waals surface area contributed by atoms with Crippen molar-refractivity contribution in [2.75, 3.05) is 6.61 Å². The van der Waals surface area contributed by atoms with Crippen molar-refractivity contribution in [3.05, 3.63) is 80.7 Å². The van der Waals surface area contributed by atoms with E-state index in [-0.39, 0.29) is 12.2 Å². The summed E-state index contributed by atoms with van der Waals surface area (Å²) in [5.41, 5.74) is 4.99. The maximum atomic E-state index is 12.6. The van der Waals surface area contributed by atoms with Crippen LogP contribution in [0.15, 0.2) is 58.4 Å². The highest BCUT2D eigenvalue weighted by Crippen LogP contribution is 2.20. The third kappa shape index (κ3) is 4.57. The van der Waals surface area contributed by atoms with Gasteiger partial charge in [-0.1, -0.05) is 29.8 Å². The lowest BCUT2D eigenvalue weighted by atomic mass is 10.2. The average Bonchev–Trinajstić information content (AvgIpc) is 2.92. The summed E-state index contributed by atoms with van der Waals surface area (Å²) in [6, 6.07) is 14.5. The van der Waals surface area contributed by atoms with Gasteiger partial charge < -0.3 is 4.74 Å². The Labute approximate surface area is 173 Å². The molecule has 1 N–H and O–H groups in total. The standard InChI is InChI=1S/C21H21ClN4O3/c1-14-11-17(9-10-18(14)22)29-13-20(27)24-23-12-19-15(2)21(28)26(25(19)3)16-7-5-4-6-8-16/h4-12H,13H2,1-3H3,(H,24,27)/b23-12-. The zero-order valence-electron chi connectivity index (χ0n) is 16.3. The van der Waals surface area contributed by atoms with Crippen LogP contribution in [0.1, 0.15) is 16.8 Å². The lowest BCUT2D eigenvalue weighted by Gasteiger charge is -2.08. The molecule has 0 spiro atoms. The SMILES string of the molecule is Cc1cc(OCC(=O)N/N=C\c2c(C)c(=O)n(-c3ccccc3)n2C)ccc1Cl. The van der Waals surface area contributed by atoms with Crippen molar-refractivity contribution in [1.82, 2.24) is 14.8 Å². The molecule has 8 heteroatoms. The van der Waals surface area contributed by atoms with Crippen LogP contribution in [0.3, 0.4) is 0 Å². The molecular formula is C21H21ClN4O3. The van der Waals surface area contributed by atoms with E-state index in [2.05, 4.69) is 10.5 Å². The van der Waals surface area contributed by atoms with Crippen molar-refractivity contribution in [3.8, 4) is 11.4 Å². The number of hydrazone groups is 1. The van der Waals surface area contributed by atoms with Crippen molar-refractivity contribution >= 4 is 23.7 Å². The quantitative estimate of drug-likeness (QED) is 0.499. The maximum Gasteiger partial charge on any atom is 0.277 e. The Bertz CT molecular complexity index is 1120. The van der Waals surface area contributed by atoms with E-state index >= 15 is 0 Å². The number of nitrogens with one attached hydrogen (secondary N) is 1. The van der Waals surface area contributed by atoms with Gasteiger partial charge in [-0.25, -0.2) is 10.1 Å². The smallest absolute Gasteiger partial charge is 0.277 e. The van der Waals surface area contributed by atoms with Crippen LogP contribution >= 0.6 is 11.6 Å². The summed E-state index contributed by atoms with van der Waals surface area (Å²) in [6.07, 6.45) is 1.44. The van der Waals surface area contributed by atoms with Gasteiger partial charge >= 0.3 is 0 Å². The Balaban J connectivity index is 1.66. The van der Waals surface area contributed by atoms with E-state index in [1.54, 1.807) is 41.5 Å². The second-order valence-electron chi connectivity index (χ2n) is 6.48.